The quantitative estimate of drug-likeness (QED) is 0.821. The average molecular weight is 313 g/mol. The van der Waals surface area contributed by atoms with E-state index in [2.05, 4.69) is 4.72 Å². The number of alkyl halides is 3. The van der Waals surface area contributed by atoms with E-state index in [0.29, 0.717) is 12.1 Å². The molecule has 0 saturated heterocycles. The van der Waals surface area contributed by atoms with Gasteiger partial charge < -0.3 is 9.84 Å². The summed E-state index contributed by atoms with van der Waals surface area (Å²) in [5, 5.41) is 8.96. The Hall–Kier alpha value is -1.16. The highest BCUT2D eigenvalue weighted by molar-refractivity contribution is 7.89. The van der Waals surface area contributed by atoms with E-state index in [1.807, 2.05) is 0 Å². The molecule has 2 N–H and O–H groups in total. The number of hydrogen-bond acceptors (Lipinski definition) is 4. The minimum atomic E-state index is -4.53. The Labute approximate surface area is 114 Å². The third kappa shape index (κ3) is 4.44. The SMILES string of the molecule is COCC(CO)NS(=O)(=O)c1ccc(C(F)(F)F)cc1. The lowest BCUT2D eigenvalue weighted by atomic mass is 10.2. The molecule has 1 aromatic rings. The van der Waals surface area contributed by atoms with Crippen LogP contribution < -0.4 is 4.72 Å². The second-order valence-electron chi connectivity index (χ2n) is 3.98. The van der Waals surface area contributed by atoms with Crippen LogP contribution in [0.1, 0.15) is 5.56 Å². The van der Waals surface area contributed by atoms with E-state index in [4.69, 9.17) is 9.84 Å². The molecule has 1 atom stereocenters. The van der Waals surface area contributed by atoms with Crippen LogP contribution in [0.3, 0.4) is 0 Å². The van der Waals surface area contributed by atoms with E-state index in [-0.39, 0.29) is 11.5 Å². The highest BCUT2D eigenvalue weighted by atomic mass is 32.2. The van der Waals surface area contributed by atoms with E-state index >= 15 is 0 Å². The molecule has 0 aromatic heterocycles. The van der Waals surface area contributed by atoms with Crippen molar-refractivity contribution in [3.05, 3.63) is 29.8 Å². The zero-order valence-corrected chi connectivity index (χ0v) is 11.3. The van der Waals surface area contributed by atoms with Crippen LogP contribution in [0.5, 0.6) is 0 Å². The maximum Gasteiger partial charge on any atom is 0.416 e. The lowest BCUT2D eigenvalue weighted by Crippen LogP contribution is -2.40. The monoisotopic (exact) mass is 313 g/mol. The molecule has 0 heterocycles. The van der Waals surface area contributed by atoms with Crippen LogP contribution in [0.15, 0.2) is 29.2 Å². The van der Waals surface area contributed by atoms with Crippen molar-refractivity contribution in [1.82, 2.24) is 4.72 Å². The number of aliphatic hydroxyl groups is 1. The molecule has 1 rings (SSSR count). The van der Waals surface area contributed by atoms with Crippen molar-refractivity contribution < 1.29 is 31.4 Å². The van der Waals surface area contributed by atoms with Crippen molar-refractivity contribution in [1.29, 1.82) is 0 Å². The smallest absolute Gasteiger partial charge is 0.395 e. The topological polar surface area (TPSA) is 75.6 Å². The second-order valence-corrected chi connectivity index (χ2v) is 5.69. The zero-order valence-electron chi connectivity index (χ0n) is 10.5. The van der Waals surface area contributed by atoms with Crippen LogP contribution in [-0.2, 0) is 20.9 Å². The van der Waals surface area contributed by atoms with E-state index < -0.39 is 34.4 Å². The lowest BCUT2D eigenvalue weighted by Gasteiger charge is -2.15. The molecule has 5 nitrogen and oxygen atoms in total. The van der Waals surface area contributed by atoms with Gasteiger partial charge in [0.15, 0.2) is 0 Å². The molecule has 9 heteroatoms. The van der Waals surface area contributed by atoms with Crippen molar-refractivity contribution >= 4 is 10.0 Å². The van der Waals surface area contributed by atoms with Gasteiger partial charge in [0.2, 0.25) is 10.0 Å². The van der Waals surface area contributed by atoms with Gasteiger partial charge in [0.05, 0.1) is 29.7 Å². The Morgan fingerprint density at radius 1 is 1.30 bits per heavy atom. The van der Waals surface area contributed by atoms with Crippen LogP contribution in [0.4, 0.5) is 13.2 Å². The second kappa shape index (κ2) is 6.53. The summed E-state index contributed by atoms with van der Waals surface area (Å²) in [4.78, 5) is -0.319. The zero-order chi connectivity index (χ0) is 15.4. The van der Waals surface area contributed by atoms with E-state index in [1.54, 1.807) is 0 Å². The molecule has 0 fully saturated rings. The number of sulfonamides is 1. The summed E-state index contributed by atoms with van der Waals surface area (Å²) in [5.41, 5.74) is -0.938. The number of nitrogens with one attached hydrogen (secondary N) is 1. The van der Waals surface area contributed by atoms with Crippen molar-refractivity contribution in [3.8, 4) is 0 Å². The first kappa shape index (κ1) is 16.9. The largest absolute Gasteiger partial charge is 0.416 e. The highest BCUT2D eigenvalue weighted by Gasteiger charge is 2.30. The average Bonchev–Trinajstić information content (AvgIpc) is 2.37. The number of methoxy groups -OCH3 is 1. The van der Waals surface area contributed by atoms with E-state index in [0.717, 1.165) is 12.1 Å². The van der Waals surface area contributed by atoms with Crippen LogP contribution >= 0.6 is 0 Å². The van der Waals surface area contributed by atoms with Gasteiger partial charge in [-0.15, -0.1) is 0 Å². The summed E-state index contributed by atoms with van der Waals surface area (Å²) in [7, 11) is -2.68. The van der Waals surface area contributed by atoms with Gasteiger partial charge in [-0.25, -0.2) is 13.1 Å². The Morgan fingerprint density at radius 3 is 2.25 bits per heavy atom. The fourth-order valence-corrected chi connectivity index (χ4v) is 2.65. The normalized spacial score (nSPS) is 14.2. The molecule has 0 spiro atoms. The number of ether oxygens (including phenoxy) is 1. The van der Waals surface area contributed by atoms with Gasteiger partial charge in [-0.1, -0.05) is 0 Å². The Bertz CT molecular complexity index is 528. The molecular weight excluding hydrogens is 299 g/mol. The number of halogens is 3. The number of benzene rings is 1. The van der Waals surface area contributed by atoms with E-state index in [9.17, 15) is 21.6 Å². The number of rotatable bonds is 6. The van der Waals surface area contributed by atoms with Gasteiger partial charge in [-0.3, -0.25) is 0 Å². The Kier molecular flexibility index (Phi) is 5.51. The standard InChI is InChI=1S/C11H14F3NO4S/c1-19-7-9(6-16)15-20(17,18)10-4-2-8(3-5-10)11(12,13)14/h2-5,9,15-16H,6-7H2,1H3. The van der Waals surface area contributed by atoms with Gasteiger partial charge in [-0.05, 0) is 24.3 Å². The predicted molar refractivity (Wildman–Crippen MR) is 64.5 cm³/mol. The van der Waals surface area contributed by atoms with Gasteiger partial charge in [0.25, 0.3) is 0 Å². The van der Waals surface area contributed by atoms with Crippen LogP contribution in [0.25, 0.3) is 0 Å². The Balaban J connectivity index is 2.93. The van der Waals surface area contributed by atoms with Gasteiger partial charge >= 0.3 is 6.18 Å². The summed E-state index contributed by atoms with van der Waals surface area (Å²) in [6, 6.07) is 2.20. The third-order valence-electron chi connectivity index (χ3n) is 2.40. The maximum atomic E-state index is 12.4. The van der Waals surface area contributed by atoms with Crippen molar-refractivity contribution in [2.24, 2.45) is 0 Å². The molecule has 0 bridgehead atoms. The first-order valence-electron chi connectivity index (χ1n) is 5.50. The first-order valence-corrected chi connectivity index (χ1v) is 6.98. The molecule has 0 aliphatic carbocycles. The molecular formula is C11H14F3NO4S. The molecule has 0 saturated carbocycles. The molecule has 114 valence electrons. The first-order chi connectivity index (χ1) is 9.20. The Morgan fingerprint density at radius 2 is 1.85 bits per heavy atom. The van der Waals surface area contributed by atoms with Crippen LogP contribution in [0, 0.1) is 0 Å². The molecule has 20 heavy (non-hydrogen) atoms. The van der Waals surface area contributed by atoms with Crippen LogP contribution in [-0.4, -0.2) is 39.9 Å². The highest BCUT2D eigenvalue weighted by Crippen LogP contribution is 2.29. The molecule has 0 amide bonds. The molecule has 1 unspecified atom stereocenters. The van der Waals surface area contributed by atoms with Crippen molar-refractivity contribution in [2.75, 3.05) is 20.3 Å². The summed E-state index contributed by atoms with van der Waals surface area (Å²) in [5.74, 6) is 0. The minimum Gasteiger partial charge on any atom is -0.395 e. The van der Waals surface area contributed by atoms with E-state index in [1.165, 1.54) is 7.11 Å². The summed E-state index contributed by atoms with van der Waals surface area (Å²) >= 11 is 0. The molecule has 0 radical (unpaired) electrons. The predicted octanol–water partition coefficient (Wildman–Crippen LogP) is 0.991. The van der Waals surface area contributed by atoms with Gasteiger partial charge in [0.1, 0.15) is 0 Å². The molecule has 0 aliphatic heterocycles. The van der Waals surface area contributed by atoms with Gasteiger partial charge in [0, 0.05) is 7.11 Å². The molecule has 1 aromatic carbocycles. The van der Waals surface area contributed by atoms with Crippen molar-refractivity contribution in [2.45, 2.75) is 17.1 Å². The van der Waals surface area contributed by atoms with Gasteiger partial charge in [-0.2, -0.15) is 13.2 Å². The minimum absolute atomic E-state index is 0.0592. The fourth-order valence-electron chi connectivity index (χ4n) is 1.44. The van der Waals surface area contributed by atoms with Crippen LogP contribution in [0.2, 0.25) is 0 Å². The fraction of sp³-hybridized carbons (Fsp3) is 0.455. The summed E-state index contributed by atoms with van der Waals surface area (Å²) in [6.45, 7) is -0.552. The number of aliphatic hydroxyl groups excluding tert-OH is 1. The summed E-state index contributed by atoms with van der Waals surface area (Å²) < 4.78 is 67.7. The number of hydrogen-bond donors (Lipinski definition) is 2. The third-order valence-corrected chi connectivity index (χ3v) is 3.94. The lowest BCUT2D eigenvalue weighted by molar-refractivity contribution is -0.137. The summed E-state index contributed by atoms with van der Waals surface area (Å²) in [6.07, 6.45) is -4.53. The molecule has 0 aliphatic rings. The maximum absolute atomic E-state index is 12.4. The van der Waals surface area contributed by atoms with Crippen molar-refractivity contribution in [3.63, 3.8) is 0 Å².